The second kappa shape index (κ2) is 21.3. The quantitative estimate of drug-likeness (QED) is 0.0306. The molecule has 208 valence electrons. The van der Waals surface area contributed by atoms with Gasteiger partial charge in [-0.15, -0.1) is 0 Å². The van der Waals surface area contributed by atoms with Gasteiger partial charge in [0, 0.05) is 6.08 Å². The highest BCUT2D eigenvalue weighted by Crippen LogP contribution is 2.43. The molecule has 1 unspecified atom stereocenters. The van der Waals surface area contributed by atoms with E-state index in [-0.39, 0.29) is 13.2 Å². The lowest BCUT2D eigenvalue weighted by Gasteiger charge is -2.24. The molecule has 0 heterocycles. The van der Waals surface area contributed by atoms with E-state index in [1.54, 1.807) is 6.08 Å². The predicted molar refractivity (Wildman–Crippen MR) is 138 cm³/mol. The molecule has 0 aromatic carbocycles. The number of ether oxygens (including phenoxy) is 1. The minimum Gasteiger partial charge on any atom is -0.460 e. The molecule has 0 bridgehead atoms. The molecule has 0 saturated heterocycles. The van der Waals surface area contributed by atoms with Crippen molar-refractivity contribution in [3.63, 3.8) is 0 Å². The molecule has 0 aromatic rings. The number of allylic oxidation sites excluding steroid dienone is 1. The lowest BCUT2D eigenvalue weighted by molar-refractivity contribution is -0.870. The van der Waals surface area contributed by atoms with Crippen LogP contribution in [0.5, 0.6) is 0 Å². The van der Waals surface area contributed by atoms with Crippen LogP contribution in [0.4, 0.5) is 0 Å². The Balaban J connectivity index is 3.78. The van der Waals surface area contributed by atoms with Gasteiger partial charge in [-0.25, -0.2) is 14.2 Å². The topological polar surface area (TPSA) is 112 Å². The number of unbranched alkanes of at least 4 members (excludes halogenated alkanes) is 12. The molecule has 35 heavy (non-hydrogen) atoms. The minimum absolute atomic E-state index is 0.0287. The number of nitrogens with zero attached hydrogens (tertiary/aromatic N) is 1. The highest BCUT2D eigenvalue weighted by molar-refractivity contribution is 7.47. The number of hydrogen-bond acceptors (Lipinski definition) is 7. The Morgan fingerprint density at radius 3 is 1.94 bits per heavy atom. The summed E-state index contributed by atoms with van der Waals surface area (Å²) in [4.78, 5) is 25.6. The van der Waals surface area contributed by atoms with Crippen LogP contribution < -0.4 is 0 Å². The van der Waals surface area contributed by atoms with Crippen molar-refractivity contribution in [2.75, 3.05) is 47.5 Å². The molecule has 0 fully saturated rings. The Bertz CT molecular complexity index is 595. The number of phosphoric acid groups is 1. The molecule has 0 radical (unpaired) electrons. The summed E-state index contributed by atoms with van der Waals surface area (Å²) in [6.07, 6.45) is 18.3. The third-order valence-corrected chi connectivity index (χ3v) is 6.46. The maximum atomic E-state index is 11.9. The van der Waals surface area contributed by atoms with Crippen LogP contribution in [0.3, 0.4) is 0 Å². The van der Waals surface area contributed by atoms with Crippen LogP contribution in [0.25, 0.3) is 0 Å². The van der Waals surface area contributed by atoms with Crippen LogP contribution in [0.15, 0.2) is 12.2 Å². The zero-order chi connectivity index (χ0) is 26.4. The highest BCUT2D eigenvalue weighted by Gasteiger charge is 2.25. The number of likely N-dealkylation sites (N-methyl/N-ethyl adjacent to an activating group) is 1. The number of hydrogen-bond donors (Lipinski definition) is 2. The van der Waals surface area contributed by atoms with E-state index < -0.39 is 26.5 Å². The molecule has 0 spiro atoms. The second-order valence-electron chi connectivity index (χ2n) is 10.0. The van der Waals surface area contributed by atoms with Gasteiger partial charge < -0.3 is 14.1 Å². The molecule has 2 N–H and O–H groups in total. The number of esters is 1. The summed E-state index contributed by atoms with van der Waals surface area (Å²) in [5.41, 5.74) is 0. The smallest absolute Gasteiger partial charge is 0.460 e. The molecule has 0 aliphatic heterocycles. The van der Waals surface area contributed by atoms with E-state index in [1.165, 1.54) is 70.3 Å². The summed E-state index contributed by atoms with van der Waals surface area (Å²) in [7, 11) is 1.47. The van der Waals surface area contributed by atoms with E-state index in [0.717, 1.165) is 19.3 Å². The largest absolute Gasteiger partial charge is 0.472 e. The van der Waals surface area contributed by atoms with Crippen LogP contribution in [0.1, 0.15) is 90.4 Å². The Morgan fingerprint density at radius 1 is 0.886 bits per heavy atom. The van der Waals surface area contributed by atoms with Crippen molar-refractivity contribution < 1.29 is 42.7 Å². The van der Waals surface area contributed by atoms with E-state index in [9.17, 15) is 14.3 Å². The fraction of sp³-hybridized carbons (Fsp3) is 0.880. The normalized spacial score (nSPS) is 14.8. The Morgan fingerprint density at radius 2 is 1.43 bits per heavy atom. The number of rotatable bonds is 24. The molecule has 0 aliphatic carbocycles. The maximum absolute atomic E-state index is 11.9. The van der Waals surface area contributed by atoms with Crippen molar-refractivity contribution in [3.8, 4) is 0 Å². The third kappa shape index (κ3) is 24.7. The zero-order valence-corrected chi connectivity index (χ0v) is 23.4. The van der Waals surface area contributed by atoms with E-state index in [1.807, 2.05) is 21.1 Å². The van der Waals surface area contributed by atoms with Crippen molar-refractivity contribution in [3.05, 3.63) is 12.2 Å². The summed E-state index contributed by atoms with van der Waals surface area (Å²) >= 11 is 0. The van der Waals surface area contributed by atoms with E-state index >= 15 is 0 Å². The predicted octanol–water partition coefficient (Wildman–Crippen LogP) is 5.88. The summed E-state index contributed by atoms with van der Waals surface area (Å²) in [6.45, 7) is 1.99. The van der Waals surface area contributed by atoms with E-state index in [0.29, 0.717) is 11.0 Å². The van der Waals surface area contributed by atoms with Gasteiger partial charge in [-0.1, -0.05) is 83.6 Å². The highest BCUT2D eigenvalue weighted by atomic mass is 31.2. The molecular weight excluding hydrogens is 473 g/mol. The van der Waals surface area contributed by atoms with E-state index in [2.05, 4.69) is 11.8 Å². The first kappa shape index (κ1) is 34.2. The maximum Gasteiger partial charge on any atom is 0.472 e. The summed E-state index contributed by atoms with van der Waals surface area (Å²) < 4.78 is 27.1. The van der Waals surface area contributed by atoms with Gasteiger partial charge in [0.15, 0.2) is 6.10 Å². The van der Waals surface area contributed by atoms with Crippen LogP contribution in [0.2, 0.25) is 0 Å². The summed E-state index contributed by atoms with van der Waals surface area (Å²) in [5, 5.41) is 8.92. The fourth-order valence-electron chi connectivity index (χ4n) is 3.26. The van der Waals surface area contributed by atoms with Gasteiger partial charge in [0.25, 0.3) is 0 Å². The first-order valence-corrected chi connectivity index (χ1v) is 14.6. The monoisotopic (exact) mass is 524 g/mol. The van der Waals surface area contributed by atoms with Crippen molar-refractivity contribution in [1.29, 1.82) is 0 Å². The molecule has 0 saturated carbocycles. The van der Waals surface area contributed by atoms with E-state index in [4.69, 9.17) is 19.0 Å². The number of quaternary nitrogens is 1. The molecule has 2 atom stereocenters. The Labute approximate surface area is 212 Å². The van der Waals surface area contributed by atoms with Crippen molar-refractivity contribution in [2.24, 2.45) is 0 Å². The van der Waals surface area contributed by atoms with Crippen LogP contribution >= 0.6 is 7.82 Å². The molecular formula is C25H51NO8P+. The summed E-state index contributed by atoms with van der Waals surface area (Å²) in [5.74, 6) is -0.572. The molecule has 9 nitrogen and oxygen atoms in total. The third-order valence-electron chi connectivity index (χ3n) is 5.48. The number of carbonyl (C=O) groups is 1. The lowest BCUT2D eigenvalue weighted by Crippen LogP contribution is -2.37. The van der Waals surface area contributed by atoms with Gasteiger partial charge in [0.2, 0.25) is 0 Å². The van der Waals surface area contributed by atoms with Crippen molar-refractivity contribution in [2.45, 2.75) is 96.5 Å². The summed E-state index contributed by atoms with van der Waals surface area (Å²) in [6, 6.07) is 0. The van der Waals surface area contributed by atoms with Gasteiger partial charge in [0.05, 0.1) is 27.7 Å². The van der Waals surface area contributed by atoms with Gasteiger partial charge in [0.1, 0.15) is 19.8 Å². The Hall–Kier alpha value is -0.800. The zero-order valence-electron chi connectivity index (χ0n) is 22.5. The first-order valence-electron chi connectivity index (χ1n) is 13.2. The van der Waals surface area contributed by atoms with Crippen molar-refractivity contribution in [1.82, 2.24) is 0 Å². The van der Waals surface area contributed by atoms with Crippen LogP contribution in [-0.2, 0) is 28.0 Å². The Kier molecular flexibility index (Phi) is 20.8. The molecule has 0 amide bonds. The number of phosphoric ester groups is 1. The van der Waals surface area contributed by atoms with Gasteiger partial charge >= 0.3 is 13.8 Å². The SMILES string of the molecule is CCCCCCCCCCCCCCC=CC(=O)OC[C@H](COP(=O)(O)OCC[N+](C)(C)C)OO. The molecule has 0 aromatic heterocycles. The number of carbonyl (C=O) groups excluding carboxylic acids is 1. The average molecular weight is 525 g/mol. The fourth-order valence-corrected chi connectivity index (χ4v) is 4.00. The van der Waals surface area contributed by atoms with Crippen LogP contribution in [-0.4, -0.2) is 74.2 Å². The average Bonchev–Trinajstić information content (AvgIpc) is 2.78. The van der Waals surface area contributed by atoms with Crippen LogP contribution in [0, 0.1) is 0 Å². The van der Waals surface area contributed by atoms with Crippen molar-refractivity contribution >= 4 is 13.8 Å². The molecule has 0 aliphatic rings. The van der Waals surface area contributed by atoms with Gasteiger partial charge in [-0.05, 0) is 12.8 Å². The molecule has 0 rings (SSSR count). The standard InChI is InChI=1S/C25H50NO8P/c1-5-6-7-8-9-10-11-12-13-14-15-16-17-18-19-25(27)31-22-24(34-28)23-33-35(29,30)32-21-20-26(2,3)4/h18-19,24H,5-17,20-23H2,1-4H3,(H-,28,29,30)/p+1/t24-/m1/s1. The first-order chi connectivity index (χ1) is 16.6. The van der Waals surface area contributed by atoms with Gasteiger partial charge in [-0.3, -0.25) is 14.3 Å². The lowest BCUT2D eigenvalue weighted by atomic mass is 10.0. The molecule has 10 heteroatoms. The minimum atomic E-state index is -4.29. The second-order valence-corrected chi connectivity index (χ2v) is 11.5. The van der Waals surface area contributed by atoms with Gasteiger partial charge in [-0.2, -0.15) is 0 Å².